The van der Waals surface area contributed by atoms with Gasteiger partial charge in [0.25, 0.3) is 5.69 Å². The van der Waals surface area contributed by atoms with Crippen LogP contribution >= 0.6 is 0 Å². The molecule has 1 rings (SSSR count). The highest BCUT2D eigenvalue weighted by Gasteiger charge is 2.12. The van der Waals surface area contributed by atoms with E-state index in [0.29, 0.717) is 12.5 Å². The van der Waals surface area contributed by atoms with Crippen LogP contribution in [0.25, 0.3) is 0 Å². The number of rotatable bonds is 5. The lowest BCUT2D eigenvalue weighted by molar-refractivity contribution is -0.384. The monoisotopic (exact) mass is 250 g/mol. The van der Waals surface area contributed by atoms with Gasteiger partial charge in [0.05, 0.1) is 11.3 Å². The van der Waals surface area contributed by atoms with Crippen LogP contribution in [-0.4, -0.2) is 29.3 Å². The van der Waals surface area contributed by atoms with Crippen molar-refractivity contribution in [3.8, 4) is 0 Å². The molecule has 0 spiro atoms. The molecule has 0 unspecified atom stereocenters. The van der Waals surface area contributed by atoms with Gasteiger partial charge in [0, 0.05) is 25.7 Å². The summed E-state index contributed by atoms with van der Waals surface area (Å²) in [5.41, 5.74) is 0.836. The molecule has 98 valence electrons. The minimum Gasteiger partial charge on any atom is -0.345 e. The number of hydrogen-bond acceptors (Lipinski definition) is 3. The molecule has 0 atom stereocenters. The Morgan fingerprint density at radius 1 is 1.33 bits per heavy atom. The maximum atomic E-state index is 11.9. The Morgan fingerprint density at radius 3 is 2.33 bits per heavy atom. The van der Waals surface area contributed by atoms with E-state index in [1.54, 1.807) is 24.1 Å². The molecular formula is C13H18N2O3. The van der Waals surface area contributed by atoms with E-state index in [2.05, 4.69) is 13.8 Å². The third-order valence-electron chi connectivity index (χ3n) is 2.57. The quantitative estimate of drug-likeness (QED) is 0.594. The largest absolute Gasteiger partial charge is 0.345 e. The minimum absolute atomic E-state index is 0.0255. The molecule has 0 fully saturated rings. The summed E-state index contributed by atoms with van der Waals surface area (Å²) in [6.07, 6.45) is 0.279. The number of benzene rings is 1. The van der Waals surface area contributed by atoms with E-state index >= 15 is 0 Å². The van der Waals surface area contributed by atoms with Gasteiger partial charge < -0.3 is 4.90 Å². The van der Waals surface area contributed by atoms with Crippen LogP contribution in [0.2, 0.25) is 0 Å². The number of nitro benzene ring substituents is 1. The zero-order chi connectivity index (χ0) is 13.7. The minimum atomic E-state index is -0.448. The lowest BCUT2D eigenvalue weighted by Crippen LogP contribution is -2.31. The fourth-order valence-electron chi connectivity index (χ4n) is 1.69. The summed E-state index contributed by atoms with van der Waals surface area (Å²) in [5, 5.41) is 10.5. The lowest BCUT2D eigenvalue weighted by atomic mass is 10.1. The Bertz CT molecular complexity index is 426. The molecule has 0 aliphatic carbocycles. The first-order valence-corrected chi connectivity index (χ1v) is 5.87. The first-order valence-electron chi connectivity index (χ1n) is 5.87. The average molecular weight is 250 g/mol. The second kappa shape index (κ2) is 6.14. The Balaban J connectivity index is 2.62. The molecule has 0 aromatic heterocycles. The molecule has 0 N–H and O–H groups in total. The first-order chi connectivity index (χ1) is 8.40. The van der Waals surface area contributed by atoms with Gasteiger partial charge in [-0.3, -0.25) is 14.9 Å². The molecule has 1 amide bonds. The Morgan fingerprint density at radius 2 is 1.89 bits per heavy atom. The molecule has 0 radical (unpaired) electrons. The highest BCUT2D eigenvalue weighted by Crippen LogP contribution is 2.13. The molecule has 0 bridgehead atoms. The van der Waals surface area contributed by atoms with Crippen molar-refractivity contribution in [3.05, 3.63) is 39.9 Å². The van der Waals surface area contributed by atoms with Gasteiger partial charge in [-0.1, -0.05) is 26.0 Å². The van der Waals surface area contributed by atoms with Gasteiger partial charge >= 0.3 is 0 Å². The molecule has 0 saturated heterocycles. The number of non-ortho nitro benzene ring substituents is 1. The molecule has 0 aliphatic rings. The molecule has 0 saturated carbocycles. The van der Waals surface area contributed by atoms with Crippen LogP contribution in [0.4, 0.5) is 5.69 Å². The summed E-state index contributed by atoms with van der Waals surface area (Å²) >= 11 is 0. The molecule has 1 aromatic carbocycles. The summed E-state index contributed by atoms with van der Waals surface area (Å²) in [6, 6.07) is 6.09. The molecular weight excluding hydrogens is 232 g/mol. The van der Waals surface area contributed by atoms with Crippen LogP contribution < -0.4 is 0 Å². The summed E-state index contributed by atoms with van der Waals surface area (Å²) in [6.45, 7) is 4.82. The van der Waals surface area contributed by atoms with Crippen molar-refractivity contribution in [1.29, 1.82) is 0 Å². The predicted molar refractivity (Wildman–Crippen MR) is 69.3 cm³/mol. The second-order valence-corrected chi connectivity index (χ2v) is 4.77. The van der Waals surface area contributed by atoms with Crippen molar-refractivity contribution in [2.75, 3.05) is 13.6 Å². The molecule has 0 heterocycles. The fraction of sp³-hybridized carbons (Fsp3) is 0.462. The summed E-state index contributed by atoms with van der Waals surface area (Å²) in [5.74, 6) is 0.452. The third kappa shape index (κ3) is 4.16. The number of nitrogens with zero attached hydrogens (tertiary/aromatic N) is 2. The van der Waals surface area contributed by atoms with Crippen molar-refractivity contribution in [1.82, 2.24) is 4.90 Å². The summed E-state index contributed by atoms with van der Waals surface area (Å²) in [7, 11) is 1.77. The van der Waals surface area contributed by atoms with Crippen LogP contribution in [0.3, 0.4) is 0 Å². The number of nitro groups is 1. The highest BCUT2D eigenvalue weighted by molar-refractivity contribution is 5.78. The number of carbonyl (C=O) groups excluding carboxylic acids is 1. The van der Waals surface area contributed by atoms with Crippen LogP contribution in [0.15, 0.2) is 24.3 Å². The van der Waals surface area contributed by atoms with Crippen molar-refractivity contribution in [2.45, 2.75) is 20.3 Å². The first kappa shape index (κ1) is 14.2. The average Bonchev–Trinajstić information content (AvgIpc) is 2.28. The maximum Gasteiger partial charge on any atom is 0.269 e. The third-order valence-corrected chi connectivity index (χ3v) is 2.57. The fourth-order valence-corrected chi connectivity index (χ4v) is 1.69. The zero-order valence-corrected chi connectivity index (χ0v) is 10.9. The Labute approximate surface area is 107 Å². The molecule has 0 aliphatic heterocycles. The summed E-state index contributed by atoms with van der Waals surface area (Å²) < 4.78 is 0. The van der Waals surface area contributed by atoms with E-state index in [-0.39, 0.29) is 18.0 Å². The molecule has 5 heteroatoms. The van der Waals surface area contributed by atoms with Crippen LogP contribution in [0.1, 0.15) is 19.4 Å². The normalized spacial score (nSPS) is 10.4. The highest BCUT2D eigenvalue weighted by atomic mass is 16.6. The van der Waals surface area contributed by atoms with Gasteiger partial charge in [0.1, 0.15) is 0 Å². The van der Waals surface area contributed by atoms with E-state index < -0.39 is 4.92 Å². The molecule has 5 nitrogen and oxygen atoms in total. The van der Waals surface area contributed by atoms with E-state index in [4.69, 9.17) is 0 Å². The van der Waals surface area contributed by atoms with Gasteiger partial charge in [-0.2, -0.15) is 0 Å². The van der Waals surface area contributed by atoms with Crippen molar-refractivity contribution >= 4 is 11.6 Å². The van der Waals surface area contributed by atoms with E-state index in [0.717, 1.165) is 5.56 Å². The Kier molecular flexibility index (Phi) is 4.83. The van der Waals surface area contributed by atoms with Gasteiger partial charge in [0.15, 0.2) is 0 Å². The standard InChI is InChI=1S/C13H18N2O3/c1-10(2)9-14(3)13(16)8-11-4-6-12(7-5-11)15(17)18/h4-7,10H,8-9H2,1-3H3. The number of amides is 1. The van der Waals surface area contributed by atoms with Gasteiger partial charge in [-0.05, 0) is 11.5 Å². The van der Waals surface area contributed by atoms with Crippen LogP contribution in [-0.2, 0) is 11.2 Å². The van der Waals surface area contributed by atoms with Gasteiger partial charge in [-0.25, -0.2) is 0 Å². The summed E-state index contributed by atoms with van der Waals surface area (Å²) in [4.78, 5) is 23.6. The maximum absolute atomic E-state index is 11.9. The van der Waals surface area contributed by atoms with Crippen LogP contribution in [0, 0.1) is 16.0 Å². The Hall–Kier alpha value is -1.91. The van der Waals surface area contributed by atoms with E-state index in [1.165, 1.54) is 12.1 Å². The van der Waals surface area contributed by atoms with Gasteiger partial charge in [-0.15, -0.1) is 0 Å². The predicted octanol–water partition coefficient (Wildman–Crippen LogP) is 2.25. The van der Waals surface area contributed by atoms with Crippen molar-refractivity contribution in [3.63, 3.8) is 0 Å². The number of likely N-dealkylation sites (N-methyl/N-ethyl adjacent to an activating group) is 1. The number of carbonyl (C=O) groups is 1. The smallest absolute Gasteiger partial charge is 0.269 e. The number of hydrogen-bond donors (Lipinski definition) is 0. The molecule has 1 aromatic rings. The van der Waals surface area contributed by atoms with Crippen molar-refractivity contribution < 1.29 is 9.72 Å². The topological polar surface area (TPSA) is 63.5 Å². The van der Waals surface area contributed by atoms with E-state index in [1.807, 2.05) is 0 Å². The van der Waals surface area contributed by atoms with Crippen LogP contribution in [0.5, 0.6) is 0 Å². The van der Waals surface area contributed by atoms with Crippen molar-refractivity contribution in [2.24, 2.45) is 5.92 Å². The second-order valence-electron chi connectivity index (χ2n) is 4.77. The molecule has 18 heavy (non-hydrogen) atoms. The lowest BCUT2D eigenvalue weighted by Gasteiger charge is -2.19. The van der Waals surface area contributed by atoms with Gasteiger partial charge in [0.2, 0.25) is 5.91 Å². The van der Waals surface area contributed by atoms with E-state index in [9.17, 15) is 14.9 Å². The SMILES string of the molecule is CC(C)CN(C)C(=O)Cc1ccc([N+](=O)[O-])cc1. The zero-order valence-electron chi connectivity index (χ0n) is 10.9.